The number of benzene rings is 1. The zero-order valence-electron chi connectivity index (χ0n) is 8.49. The quantitative estimate of drug-likeness (QED) is 0.747. The number of hydrogen-bond acceptors (Lipinski definition) is 2. The Hall–Kier alpha value is -1.74. The molecule has 0 aliphatic rings. The Balaban J connectivity index is 2.46. The summed E-state index contributed by atoms with van der Waals surface area (Å²) in [6.45, 7) is 4.18. The molecule has 3 nitrogen and oxygen atoms in total. The van der Waals surface area contributed by atoms with Gasteiger partial charge in [-0.1, -0.05) is 6.58 Å². The van der Waals surface area contributed by atoms with Gasteiger partial charge < -0.3 is 15.5 Å². The summed E-state index contributed by atoms with van der Waals surface area (Å²) < 4.78 is 5.24. The lowest BCUT2D eigenvalue weighted by molar-refractivity contribution is 0.484. The number of fused-ring (bicyclic) bond motifs is 1. The van der Waals surface area contributed by atoms with Gasteiger partial charge in [0.2, 0.25) is 0 Å². The van der Waals surface area contributed by atoms with E-state index < -0.39 is 0 Å². The average Bonchev–Trinajstić information content (AvgIpc) is 2.63. The standard InChI is InChI=1S/C12H14N2O/c1-2-15-10-3-4-12-11(7-10)9(5-6-13)8-14-12/h2-4,7-8,14H,1,5-6,13H2. The van der Waals surface area contributed by atoms with E-state index in [9.17, 15) is 0 Å². The summed E-state index contributed by atoms with van der Waals surface area (Å²) in [7, 11) is 0. The van der Waals surface area contributed by atoms with E-state index in [1.165, 1.54) is 17.2 Å². The van der Waals surface area contributed by atoms with E-state index in [4.69, 9.17) is 10.5 Å². The van der Waals surface area contributed by atoms with Crippen molar-refractivity contribution in [2.45, 2.75) is 6.42 Å². The minimum atomic E-state index is 0.652. The van der Waals surface area contributed by atoms with E-state index in [1.54, 1.807) is 0 Å². The van der Waals surface area contributed by atoms with Crippen molar-refractivity contribution in [3.63, 3.8) is 0 Å². The molecule has 0 aliphatic carbocycles. The topological polar surface area (TPSA) is 51.0 Å². The summed E-state index contributed by atoms with van der Waals surface area (Å²) in [5.41, 5.74) is 7.88. The molecule has 0 spiro atoms. The summed E-state index contributed by atoms with van der Waals surface area (Å²) in [5.74, 6) is 0.801. The van der Waals surface area contributed by atoms with Crippen molar-refractivity contribution in [2.75, 3.05) is 6.54 Å². The molecule has 3 N–H and O–H groups in total. The van der Waals surface area contributed by atoms with Gasteiger partial charge in [-0.25, -0.2) is 0 Å². The fraction of sp³-hybridized carbons (Fsp3) is 0.167. The molecule has 78 valence electrons. The molecule has 0 aliphatic heterocycles. The Morgan fingerprint density at radius 2 is 2.33 bits per heavy atom. The number of hydrogen-bond donors (Lipinski definition) is 2. The molecule has 1 aromatic heterocycles. The van der Waals surface area contributed by atoms with Crippen molar-refractivity contribution in [3.8, 4) is 5.75 Å². The molecular weight excluding hydrogens is 188 g/mol. The number of aromatic amines is 1. The molecule has 0 saturated heterocycles. The van der Waals surface area contributed by atoms with Crippen LogP contribution in [0.4, 0.5) is 0 Å². The summed E-state index contributed by atoms with van der Waals surface area (Å²) >= 11 is 0. The zero-order valence-corrected chi connectivity index (χ0v) is 8.49. The molecule has 0 unspecified atom stereocenters. The van der Waals surface area contributed by atoms with Crippen molar-refractivity contribution >= 4 is 10.9 Å². The highest BCUT2D eigenvalue weighted by molar-refractivity contribution is 5.84. The molecule has 0 saturated carbocycles. The van der Waals surface area contributed by atoms with Gasteiger partial charge in [-0.2, -0.15) is 0 Å². The fourth-order valence-corrected chi connectivity index (χ4v) is 1.69. The smallest absolute Gasteiger partial charge is 0.127 e. The second kappa shape index (κ2) is 4.19. The third-order valence-corrected chi connectivity index (χ3v) is 2.37. The fourth-order valence-electron chi connectivity index (χ4n) is 1.69. The number of H-pyrrole nitrogens is 1. The van der Waals surface area contributed by atoms with Crippen LogP contribution in [0.1, 0.15) is 5.56 Å². The third kappa shape index (κ3) is 1.87. The first kappa shape index (κ1) is 9.80. The van der Waals surface area contributed by atoms with Gasteiger partial charge >= 0.3 is 0 Å². The van der Waals surface area contributed by atoms with Gasteiger partial charge in [0.25, 0.3) is 0 Å². The average molecular weight is 202 g/mol. The highest BCUT2D eigenvalue weighted by Gasteiger charge is 2.03. The van der Waals surface area contributed by atoms with Crippen LogP contribution in [0.15, 0.2) is 37.2 Å². The lowest BCUT2D eigenvalue weighted by Crippen LogP contribution is -2.01. The second-order valence-corrected chi connectivity index (χ2v) is 3.34. The van der Waals surface area contributed by atoms with E-state index in [2.05, 4.69) is 11.6 Å². The van der Waals surface area contributed by atoms with Crippen LogP contribution >= 0.6 is 0 Å². The molecule has 1 heterocycles. The molecule has 2 aromatic rings. The van der Waals surface area contributed by atoms with Crippen LogP contribution in [-0.4, -0.2) is 11.5 Å². The summed E-state index contributed by atoms with van der Waals surface area (Å²) in [6, 6.07) is 5.90. The third-order valence-electron chi connectivity index (χ3n) is 2.37. The van der Waals surface area contributed by atoms with Gasteiger partial charge in [-0.3, -0.25) is 0 Å². The molecule has 15 heavy (non-hydrogen) atoms. The van der Waals surface area contributed by atoms with Crippen LogP contribution in [-0.2, 0) is 6.42 Å². The lowest BCUT2D eigenvalue weighted by atomic mass is 10.1. The van der Waals surface area contributed by atoms with Gasteiger partial charge in [0.1, 0.15) is 5.75 Å². The van der Waals surface area contributed by atoms with E-state index in [1.807, 2.05) is 24.4 Å². The molecule has 0 bridgehead atoms. The highest BCUT2D eigenvalue weighted by Crippen LogP contribution is 2.23. The Morgan fingerprint density at radius 1 is 1.47 bits per heavy atom. The molecule has 3 heteroatoms. The SMILES string of the molecule is C=COc1ccc2[nH]cc(CCN)c2c1. The van der Waals surface area contributed by atoms with Crippen LogP contribution in [0.2, 0.25) is 0 Å². The van der Waals surface area contributed by atoms with Crippen LogP contribution < -0.4 is 10.5 Å². The molecule has 2 rings (SSSR count). The van der Waals surface area contributed by atoms with E-state index >= 15 is 0 Å². The van der Waals surface area contributed by atoms with Crippen LogP contribution in [0, 0.1) is 0 Å². The Bertz CT molecular complexity index is 473. The van der Waals surface area contributed by atoms with Crippen LogP contribution in [0.25, 0.3) is 10.9 Å². The number of ether oxygens (including phenoxy) is 1. The van der Waals surface area contributed by atoms with Crippen molar-refractivity contribution < 1.29 is 4.74 Å². The molecular formula is C12H14N2O. The molecule has 0 atom stereocenters. The minimum Gasteiger partial charge on any atom is -0.466 e. The number of rotatable bonds is 4. The molecule has 1 aromatic carbocycles. The van der Waals surface area contributed by atoms with Crippen LogP contribution in [0.3, 0.4) is 0 Å². The van der Waals surface area contributed by atoms with Crippen molar-refractivity contribution in [1.29, 1.82) is 0 Å². The van der Waals surface area contributed by atoms with Crippen molar-refractivity contribution in [3.05, 3.63) is 42.8 Å². The van der Waals surface area contributed by atoms with Crippen molar-refractivity contribution in [2.24, 2.45) is 5.73 Å². The first-order valence-corrected chi connectivity index (χ1v) is 4.93. The minimum absolute atomic E-state index is 0.652. The van der Waals surface area contributed by atoms with Gasteiger partial charge in [-0.15, -0.1) is 0 Å². The van der Waals surface area contributed by atoms with Gasteiger partial charge in [0, 0.05) is 17.1 Å². The number of nitrogens with two attached hydrogens (primary N) is 1. The molecule has 0 fully saturated rings. The number of aromatic nitrogens is 1. The maximum Gasteiger partial charge on any atom is 0.127 e. The van der Waals surface area contributed by atoms with Gasteiger partial charge in [-0.05, 0) is 36.7 Å². The molecule has 0 radical (unpaired) electrons. The normalized spacial score (nSPS) is 10.5. The van der Waals surface area contributed by atoms with E-state index in [0.717, 1.165) is 17.7 Å². The highest BCUT2D eigenvalue weighted by atomic mass is 16.5. The first-order valence-electron chi connectivity index (χ1n) is 4.93. The maximum absolute atomic E-state index is 5.55. The van der Waals surface area contributed by atoms with Crippen LogP contribution in [0.5, 0.6) is 5.75 Å². The van der Waals surface area contributed by atoms with Gasteiger partial charge in [0.15, 0.2) is 0 Å². The monoisotopic (exact) mass is 202 g/mol. The first-order chi connectivity index (χ1) is 7.35. The van der Waals surface area contributed by atoms with Crippen molar-refractivity contribution in [1.82, 2.24) is 4.98 Å². The van der Waals surface area contributed by atoms with E-state index in [0.29, 0.717) is 6.54 Å². The summed E-state index contributed by atoms with van der Waals surface area (Å²) in [6.07, 6.45) is 4.29. The lowest BCUT2D eigenvalue weighted by Gasteiger charge is -2.01. The number of nitrogens with one attached hydrogen (secondary N) is 1. The predicted molar refractivity (Wildman–Crippen MR) is 61.9 cm³/mol. The van der Waals surface area contributed by atoms with Gasteiger partial charge in [0.05, 0.1) is 6.26 Å². The summed E-state index contributed by atoms with van der Waals surface area (Å²) in [5, 5.41) is 1.17. The van der Waals surface area contributed by atoms with E-state index in [-0.39, 0.29) is 0 Å². The molecule has 0 amide bonds. The largest absolute Gasteiger partial charge is 0.466 e. The maximum atomic E-state index is 5.55. The second-order valence-electron chi connectivity index (χ2n) is 3.34. The Kier molecular flexibility index (Phi) is 2.74. The predicted octanol–water partition coefficient (Wildman–Crippen LogP) is 2.19. The Morgan fingerprint density at radius 3 is 3.07 bits per heavy atom. The summed E-state index contributed by atoms with van der Waals surface area (Å²) in [4.78, 5) is 3.21. The Labute approximate surface area is 88.5 Å². The zero-order chi connectivity index (χ0) is 10.7.